The minimum atomic E-state index is 0.255. The van der Waals surface area contributed by atoms with Gasteiger partial charge in [0.25, 0.3) is 0 Å². The number of fused-ring (bicyclic) bond motifs is 3. The second-order valence-corrected chi connectivity index (χ2v) is 9.43. The number of hydrogen-bond donors (Lipinski definition) is 1. The van der Waals surface area contributed by atoms with Crippen molar-refractivity contribution in [1.29, 1.82) is 0 Å². The van der Waals surface area contributed by atoms with E-state index in [9.17, 15) is 4.79 Å². The van der Waals surface area contributed by atoms with Crippen LogP contribution in [0.3, 0.4) is 0 Å². The van der Waals surface area contributed by atoms with Crippen molar-refractivity contribution in [3.8, 4) is 0 Å². The normalized spacial score (nSPS) is 16.3. The highest BCUT2D eigenvalue weighted by Crippen LogP contribution is 2.38. The molecule has 1 N–H and O–H groups in total. The van der Waals surface area contributed by atoms with Gasteiger partial charge in [-0.1, -0.05) is 0 Å². The van der Waals surface area contributed by atoms with Gasteiger partial charge in [-0.25, -0.2) is 15.0 Å². The molecule has 2 fully saturated rings. The van der Waals surface area contributed by atoms with E-state index >= 15 is 0 Å². The van der Waals surface area contributed by atoms with Crippen molar-refractivity contribution in [2.24, 2.45) is 7.05 Å². The molecule has 31 heavy (non-hydrogen) atoms. The van der Waals surface area contributed by atoms with Gasteiger partial charge in [0.2, 0.25) is 5.91 Å². The van der Waals surface area contributed by atoms with Crippen molar-refractivity contribution >= 4 is 50.3 Å². The smallest absolute Gasteiger partial charge is 0.229 e. The molecule has 4 aromatic heterocycles. The highest BCUT2D eigenvalue weighted by atomic mass is 32.1. The molecule has 2 saturated carbocycles. The highest BCUT2D eigenvalue weighted by molar-refractivity contribution is 7.13. The Bertz CT molecular complexity index is 1270. The number of thiazole rings is 1. The Kier molecular flexibility index (Phi) is 4.27. The van der Waals surface area contributed by atoms with Crippen LogP contribution in [0, 0.1) is 0 Å². The van der Waals surface area contributed by atoms with E-state index < -0.39 is 0 Å². The number of aromatic nitrogens is 5. The van der Waals surface area contributed by atoms with E-state index in [-0.39, 0.29) is 5.91 Å². The van der Waals surface area contributed by atoms with Crippen molar-refractivity contribution in [1.82, 2.24) is 29.0 Å². The molecule has 0 bridgehead atoms. The van der Waals surface area contributed by atoms with Gasteiger partial charge in [0.05, 0.1) is 18.3 Å². The molecule has 0 radical (unpaired) electrons. The lowest BCUT2D eigenvalue weighted by Gasteiger charge is -2.22. The zero-order chi connectivity index (χ0) is 21.1. The van der Waals surface area contributed by atoms with Crippen LogP contribution in [0.2, 0.25) is 0 Å². The van der Waals surface area contributed by atoms with Crippen LogP contribution in [0.1, 0.15) is 38.3 Å². The van der Waals surface area contributed by atoms with Gasteiger partial charge in [0.15, 0.2) is 10.9 Å². The molecule has 9 heteroatoms. The fourth-order valence-corrected chi connectivity index (χ4v) is 5.12. The van der Waals surface area contributed by atoms with Crippen LogP contribution in [0.5, 0.6) is 0 Å². The molecule has 0 unspecified atom stereocenters. The summed E-state index contributed by atoms with van der Waals surface area (Å²) in [6, 6.07) is 3.07. The Hall–Kier alpha value is -2.94. The Morgan fingerprint density at radius 1 is 1.26 bits per heavy atom. The molecule has 160 valence electrons. The first kappa shape index (κ1) is 18.8. The Labute approximate surface area is 183 Å². The van der Waals surface area contributed by atoms with E-state index in [1.54, 1.807) is 6.20 Å². The van der Waals surface area contributed by atoms with Gasteiger partial charge >= 0.3 is 0 Å². The van der Waals surface area contributed by atoms with Gasteiger partial charge in [0.1, 0.15) is 11.2 Å². The van der Waals surface area contributed by atoms with E-state index in [4.69, 9.17) is 4.98 Å². The summed E-state index contributed by atoms with van der Waals surface area (Å²) < 4.78 is 4.20. The van der Waals surface area contributed by atoms with Crippen molar-refractivity contribution in [3.05, 3.63) is 29.7 Å². The lowest BCUT2D eigenvalue weighted by molar-refractivity contribution is -0.131. The molecular weight excluding hydrogens is 410 g/mol. The molecule has 0 saturated heterocycles. The maximum Gasteiger partial charge on any atom is 0.229 e. The third kappa shape index (κ3) is 3.18. The van der Waals surface area contributed by atoms with Gasteiger partial charge in [-0.2, -0.15) is 0 Å². The number of pyridine rings is 1. The van der Waals surface area contributed by atoms with Crippen molar-refractivity contribution in [3.63, 3.8) is 0 Å². The number of anilines is 2. The molecular formula is C22H25N7OS. The summed E-state index contributed by atoms with van der Waals surface area (Å²) in [6.07, 6.45) is 8.62. The third-order valence-electron chi connectivity index (χ3n) is 6.26. The maximum atomic E-state index is 13.2. The van der Waals surface area contributed by atoms with Crippen LogP contribution >= 0.6 is 11.3 Å². The minimum Gasteiger partial charge on any atom is -0.336 e. The average Bonchev–Trinajstić information content (AvgIpc) is 3.64. The van der Waals surface area contributed by atoms with Crippen LogP contribution < -0.4 is 5.32 Å². The monoisotopic (exact) mass is 435 g/mol. The molecule has 1 amide bonds. The Morgan fingerprint density at radius 2 is 2.03 bits per heavy atom. The van der Waals surface area contributed by atoms with Crippen LogP contribution in [0.4, 0.5) is 10.9 Å². The Balaban J connectivity index is 1.45. The third-order valence-corrected chi connectivity index (χ3v) is 6.95. The van der Waals surface area contributed by atoms with Gasteiger partial charge in [-0.15, -0.1) is 11.3 Å². The largest absolute Gasteiger partial charge is 0.336 e. The minimum absolute atomic E-state index is 0.255. The summed E-state index contributed by atoms with van der Waals surface area (Å²) in [6.45, 7) is 2.86. The van der Waals surface area contributed by atoms with Gasteiger partial charge < -0.3 is 19.4 Å². The molecule has 0 aliphatic heterocycles. The number of carbonyl (C=O) groups excluding carboxylic acids is 1. The number of nitrogens with one attached hydrogen (secondary N) is 1. The van der Waals surface area contributed by atoms with E-state index in [2.05, 4.69) is 37.7 Å². The van der Waals surface area contributed by atoms with E-state index in [0.29, 0.717) is 24.3 Å². The molecule has 0 aromatic carbocycles. The molecule has 2 aliphatic rings. The fourth-order valence-electron chi connectivity index (χ4n) is 4.60. The molecule has 2 aliphatic carbocycles. The molecule has 6 rings (SSSR count). The fraction of sp³-hybridized carbons (Fsp3) is 0.455. The number of imidazole rings is 1. The zero-order valence-electron chi connectivity index (χ0n) is 17.7. The number of amides is 1. The topological polar surface area (TPSA) is 80.9 Å². The average molecular weight is 436 g/mol. The van der Waals surface area contributed by atoms with E-state index in [1.807, 2.05) is 23.3 Å². The first-order valence-electron chi connectivity index (χ1n) is 10.9. The van der Waals surface area contributed by atoms with Gasteiger partial charge in [-0.05, 0) is 38.7 Å². The standard InChI is InChI=1S/C22H25N7OS/c1-3-28-15(11-17(30)29(13-4-5-13)14-6-7-14)10-16-19-18(24-12-27(19)2)20(25-21(16)28)26-22-23-8-9-31-22/h8-10,12-14H,3-7,11H2,1-2H3,(H,23,25,26). The maximum absolute atomic E-state index is 13.2. The van der Waals surface area contributed by atoms with Gasteiger partial charge in [-0.3, -0.25) is 4.79 Å². The van der Waals surface area contributed by atoms with Crippen molar-refractivity contribution in [2.45, 2.75) is 57.7 Å². The summed E-state index contributed by atoms with van der Waals surface area (Å²) in [4.78, 5) is 29.3. The lowest BCUT2D eigenvalue weighted by atomic mass is 10.2. The second kappa shape index (κ2) is 7.05. The first-order chi connectivity index (χ1) is 15.1. The van der Waals surface area contributed by atoms with Crippen molar-refractivity contribution in [2.75, 3.05) is 5.32 Å². The molecule has 4 aromatic rings. The molecule has 0 atom stereocenters. The number of rotatable bonds is 7. The summed E-state index contributed by atoms with van der Waals surface area (Å²) in [5.41, 5.74) is 3.74. The molecule has 4 heterocycles. The van der Waals surface area contributed by atoms with Gasteiger partial charge in [0, 0.05) is 48.3 Å². The quantitative estimate of drug-likeness (QED) is 0.477. The second-order valence-electron chi connectivity index (χ2n) is 8.53. The predicted molar refractivity (Wildman–Crippen MR) is 122 cm³/mol. The van der Waals surface area contributed by atoms with Crippen molar-refractivity contribution < 1.29 is 4.79 Å². The van der Waals surface area contributed by atoms with Crippen LogP contribution in [0.15, 0.2) is 24.0 Å². The SMILES string of the molecule is CCn1c(CC(=O)N(C2CC2)C2CC2)cc2c3c(ncn3C)c(Nc3nccs3)nc21. The number of hydrogen-bond acceptors (Lipinski definition) is 6. The highest BCUT2D eigenvalue weighted by Gasteiger charge is 2.42. The van der Waals surface area contributed by atoms with Crippen LogP contribution in [-0.2, 0) is 24.8 Å². The summed E-state index contributed by atoms with van der Waals surface area (Å²) in [5.74, 6) is 0.950. The molecule has 0 spiro atoms. The Morgan fingerprint density at radius 3 is 2.68 bits per heavy atom. The predicted octanol–water partition coefficient (Wildman–Crippen LogP) is 3.84. The number of aryl methyl sites for hydroxylation is 2. The van der Waals surface area contributed by atoms with E-state index in [1.165, 1.54) is 11.3 Å². The van der Waals surface area contributed by atoms with Crippen LogP contribution in [0.25, 0.3) is 22.1 Å². The van der Waals surface area contributed by atoms with Crippen LogP contribution in [-0.4, -0.2) is 47.0 Å². The number of carbonyl (C=O) groups is 1. The summed E-state index contributed by atoms with van der Waals surface area (Å²) in [7, 11) is 2.00. The molecule has 8 nitrogen and oxygen atoms in total. The zero-order valence-corrected chi connectivity index (χ0v) is 18.5. The first-order valence-corrected chi connectivity index (χ1v) is 11.8. The summed E-state index contributed by atoms with van der Waals surface area (Å²) >= 11 is 1.53. The lowest BCUT2D eigenvalue weighted by Crippen LogP contribution is -2.36. The number of nitrogens with zero attached hydrogens (tertiary/aromatic N) is 6. The summed E-state index contributed by atoms with van der Waals surface area (Å²) in [5, 5.41) is 7.08. The van der Waals surface area contributed by atoms with E-state index in [0.717, 1.165) is 65.1 Å².